The van der Waals surface area contributed by atoms with E-state index in [1.54, 1.807) is 17.5 Å². The fraction of sp³-hybridized carbons (Fsp3) is 0.364. The molecule has 1 aromatic rings. The van der Waals surface area contributed by atoms with Crippen molar-refractivity contribution in [1.82, 2.24) is 10.6 Å². The van der Waals surface area contributed by atoms with Crippen LogP contribution in [0.25, 0.3) is 0 Å². The minimum Gasteiger partial charge on any atom is -0.352 e. The predicted molar refractivity (Wildman–Crippen MR) is 72.1 cm³/mol. The highest BCUT2D eigenvalue weighted by Crippen LogP contribution is 2.32. The Kier molecular flexibility index (Phi) is 3.91. The quantitative estimate of drug-likeness (QED) is 0.489. The molecule has 108 valence electrons. The summed E-state index contributed by atoms with van der Waals surface area (Å²) in [6.07, 6.45) is 0. The van der Waals surface area contributed by atoms with Crippen LogP contribution in [0.15, 0.2) is 17.5 Å². The van der Waals surface area contributed by atoms with Crippen molar-refractivity contribution >= 4 is 34.2 Å². The van der Waals surface area contributed by atoms with Gasteiger partial charge in [-0.15, -0.1) is 11.3 Å². The number of methoxy groups -OCH3 is 1. The second-order valence-corrected chi connectivity index (χ2v) is 5.00. The summed E-state index contributed by atoms with van der Waals surface area (Å²) in [6, 6.07) is 2.63. The van der Waals surface area contributed by atoms with Gasteiger partial charge in [0, 0.05) is 7.11 Å². The number of nitrogens with two attached hydrogens (primary N) is 1. The van der Waals surface area contributed by atoms with Crippen molar-refractivity contribution in [2.24, 2.45) is 5.73 Å². The first-order valence-electron chi connectivity index (χ1n) is 5.74. The van der Waals surface area contributed by atoms with Gasteiger partial charge < -0.3 is 21.1 Å². The third-order valence-electron chi connectivity index (χ3n) is 2.93. The number of ether oxygens (including phenoxy) is 1. The summed E-state index contributed by atoms with van der Waals surface area (Å²) < 4.78 is 5.26. The van der Waals surface area contributed by atoms with Crippen LogP contribution < -0.4 is 21.3 Å². The van der Waals surface area contributed by atoms with Crippen molar-refractivity contribution in [2.45, 2.75) is 5.72 Å². The largest absolute Gasteiger partial charge is 0.352 e. The second kappa shape index (κ2) is 5.47. The van der Waals surface area contributed by atoms with Gasteiger partial charge in [-0.25, -0.2) is 4.79 Å². The zero-order chi connectivity index (χ0) is 14.8. The van der Waals surface area contributed by atoms with Crippen molar-refractivity contribution in [3.8, 4) is 0 Å². The number of nitrogens with zero attached hydrogens (tertiary/aromatic N) is 1. The van der Waals surface area contributed by atoms with Crippen LogP contribution in [0.4, 0.5) is 9.80 Å². The molecule has 1 atom stereocenters. The number of carbonyl (C=O) groups is 3. The number of hydrogen-bond donors (Lipinski definition) is 3. The van der Waals surface area contributed by atoms with Gasteiger partial charge in [0.2, 0.25) is 11.6 Å². The Bertz CT molecular complexity index is 529. The van der Waals surface area contributed by atoms with Gasteiger partial charge in [-0.2, -0.15) is 0 Å². The molecule has 0 bridgehead atoms. The number of hydrogen-bond acceptors (Lipinski definition) is 5. The van der Waals surface area contributed by atoms with Crippen molar-refractivity contribution in [3.05, 3.63) is 17.5 Å². The summed E-state index contributed by atoms with van der Waals surface area (Å²) >= 11 is 1.29. The van der Waals surface area contributed by atoms with E-state index in [-0.39, 0.29) is 13.1 Å². The standard InChI is InChI=1S/C11H14N4O4S/c1-19-11(6-14-9(11)17)15(8-3-2-4-20-8)7(16)5-13-10(12)18/h2-4H,5-6H2,1H3,(H,14,17)(H3,12,13,18). The molecule has 1 unspecified atom stereocenters. The molecule has 9 heteroatoms. The molecule has 1 fully saturated rings. The van der Waals surface area contributed by atoms with Crippen LogP contribution >= 0.6 is 11.3 Å². The van der Waals surface area contributed by atoms with E-state index in [1.807, 2.05) is 0 Å². The highest BCUT2D eigenvalue weighted by atomic mass is 32.1. The Morgan fingerprint density at radius 1 is 1.65 bits per heavy atom. The van der Waals surface area contributed by atoms with Gasteiger partial charge in [0.05, 0.1) is 13.1 Å². The van der Waals surface area contributed by atoms with E-state index in [9.17, 15) is 14.4 Å². The first-order chi connectivity index (χ1) is 9.51. The van der Waals surface area contributed by atoms with Gasteiger partial charge in [-0.05, 0) is 17.5 Å². The lowest BCUT2D eigenvalue weighted by atomic mass is 10.0. The van der Waals surface area contributed by atoms with Gasteiger partial charge >= 0.3 is 6.03 Å². The number of amides is 4. The Labute approximate surface area is 118 Å². The number of anilines is 1. The molecular weight excluding hydrogens is 284 g/mol. The molecule has 0 aliphatic carbocycles. The first-order valence-corrected chi connectivity index (χ1v) is 6.62. The van der Waals surface area contributed by atoms with Crippen molar-refractivity contribution in [1.29, 1.82) is 0 Å². The molecule has 1 aromatic heterocycles. The fourth-order valence-electron chi connectivity index (χ4n) is 1.89. The van der Waals surface area contributed by atoms with Gasteiger partial charge in [-0.1, -0.05) is 0 Å². The zero-order valence-corrected chi connectivity index (χ0v) is 11.5. The van der Waals surface area contributed by atoms with E-state index in [4.69, 9.17) is 10.5 Å². The van der Waals surface area contributed by atoms with Gasteiger partial charge in [0.15, 0.2) is 0 Å². The SMILES string of the molecule is COC1(N(C(=O)CNC(N)=O)c2cccs2)CNC1=O. The average molecular weight is 298 g/mol. The third-order valence-corrected chi connectivity index (χ3v) is 3.79. The second-order valence-electron chi connectivity index (χ2n) is 4.07. The third kappa shape index (κ3) is 2.32. The number of carbonyl (C=O) groups excluding carboxylic acids is 3. The van der Waals surface area contributed by atoms with E-state index in [1.165, 1.54) is 23.3 Å². The first kappa shape index (κ1) is 14.3. The van der Waals surface area contributed by atoms with Crippen LogP contribution in [0, 0.1) is 0 Å². The maximum absolute atomic E-state index is 12.3. The van der Waals surface area contributed by atoms with Crippen LogP contribution in [-0.4, -0.2) is 43.8 Å². The van der Waals surface area contributed by atoms with E-state index in [2.05, 4.69) is 10.6 Å². The number of nitrogens with one attached hydrogen (secondary N) is 2. The molecule has 20 heavy (non-hydrogen) atoms. The van der Waals surface area contributed by atoms with E-state index < -0.39 is 23.6 Å². The molecule has 1 aliphatic rings. The topological polar surface area (TPSA) is 114 Å². The Hall–Kier alpha value is -2.13. The lowest BCUT2D eigenvalue weighted by molar-refractivity contribution is -0.159. The zero-order valence-electron chi connectivity index (χ0n) is 10.7. The molecule has 0 spiro atoms. The number of rotatable bonds is 5. The van der Waals surface area contributed by atoms with Crippen molar-refractivity contribution < 1.29 is 19.1 Å². The summed E-state index contributed by atoms with van der Waals surface area (Å²) in [4.78, 5) is 36.1. The number of β-lactam (4-membered cyclic amide) rings is 1. The van der Waals surface area contributed by atoms with Gasteiger partial charge in [0.1, 0.15) is 5.00 Å². The van der Waals surface area contributed by atoms with Crippen LogP contribution in [-0.2, 0) is 14.3 Å². The molecule has 4 amide bonds. The summed E-state index contributed by atoms with van der Waals surface area (Å²) in [5.41, 5.74) is 3.57. The molecule has 8 nitrogen and oxygen atoms in total. The fourth-order valence-corrected chi connectivity index (χ4v) is 2.70. The molecule has 4 N–H and O–H groups in total. The van der Waals surface area contributed by atoms with Crippen LogP contribution in [0.1, 0.15) is 0 Å². The number of primary amides is 1. The minimum absolute atomic E-state index is 0.183. The average Bonchev–Trinajstić information content (AvgIpc) is 2.93. The van der Waals surface area contributed by atoms with Crippen LogP contribution in [0.2, 0.25) is 0 Å². The number of thiophene rings is 1. The molecule has 1 saturated heterocycles. The smallest absolute Gasteiger partial charge is 0.312 e. The number of urea groups is 1. The van der Waals surface area contributed by atoms with Gasteiger partial charge in [0.25, 0.3) is 5.91 Å². The van der Waals surface area contributed by atoms with Crippen molar-refractivity contribution in [3.63, 3.8) is 0 Å². The molecular formula is C11H14N4O4S. The maximum Gasteiger partial charge on any atom is 0.312 e. The predicted octanol–water partition coefficient (Wildman–Crippen LogP) is -0.778. The Balaban J connectivity index is 2.28. The Morgan fingerprint density at radius 3 is 2.80 bits per heavy atom. The van der Waals surface area contributed by atoms with E-state index in [0.717, 1.165) is 0 Å². The summed E-state index contributed by atoms with van der Waals surface area (Å²) in [6.45, 7) is -0.131. The van der Waals surface area contributed by atoms with Crippen LogP contribution in [0.5, 0.6) is 0 Å². The highest BCUT2D eigenvalue weighted by Gasteiger charge is 2.55. The van der Waals surface area contributed by atoms with Gasteiger partial charge in [-0.3, -0.25) is 14.5 Å². The summed E-state index contributed by atoms with van der Waals surface area (Å²) in [7, 11) is 1.36. The minimum atomic E-state index is -1.37. The van der Waals surface area contributed by atoms with Crippen molar-refractivity contribution in [2.75, 3.05) is 25.1 Å². The summed E-state index contributed by atoms with van der Waals surface area (Å²) in [5.74, 6) is -0.885. The molecule has 1 aliphatic heterocycles. The molecule has 0 radical (unpaired) electrons. The lowest BCUT2D eigenvalue weighted by Crippen LogP contribution is -2.76. The molecule has 0 saturated carbocycles. The lowest BCUT2D eigenvalue weighted by Gasteiger charge is -2.46. The molecule has 2 rings (SSSR count). The summed E-state index contributed by atoms with van der Waals surface area (Å²) in [5, 5.41) is 7.09. The maximum atomic E-state index is 12.3. The van der Waals surface area contributed by atoms with E-state index in [0.29, 0.717) is 5.00 Å². The normalized spacial score (nSPS) is 20.8. The Morgan fingerprint density at radius 2 is 2.40 bits per heavy atom. The monoisotopic (exact) mass is 298 g/mol. The van der Waals surface area contributed by atoms with E-state index >= 15 is 0 Å². The molecule has 0 aromatic carbocycles. The molecule has 2 heterocycles. The van der Waals surface area contributed by atoms with Crippen LogP contribution in [0.3, 0.4) is 0 Å². The highest BCUT2D eigenvalue weighted by molar-refractivity contribution is 7.14.